The van der Waals surface area contributed by atoms with Gasteiger partial charge >= 0.3 is 0 Å². The van der Waals surface area contributed by atoms with Crippen molar-refractivity contribution in [2.45, 2.75) is 6.92 Å². The van der Waals surface area contributed by atoms with Gasteiger partial charge in [-0.05, 0) is 22.0 Å². The molecule has 2 heterocycles. The average molecular weight is 465 g/mol. The summed E-state index contributed by atoms with van der Waals surface area (Å²) in [6.45, 7) is 1.08. The molecule has 11 heteroatoms. The largest absolute Gasteiger partial charge is 0.481 e. The minimum absolute atomic E-state index is 0.569. The molecule has 0 bridgehead atoms. The molecule has 2 aromatic rings. The number of H-pyrrole nitrogens is 2. The average Bonchev–Trinajstić information content (AvgIpc) is 2.95. The highest BCUT2D eigenvalue weighted by molar-refractivity contribution is 9.93. The molecule has 0 aliphatic carbocycles. The van der Waals surface area contributed by atoms with Crippen LogP contribution in [0, 0.1) is 0 Å². The molecule has 0 fully saturated rings. The Morgan fingerprint density at radius 1 is 1.32 bits per heavy atom. The van der Waals surface area contributed by atoms with Crippen molar-refractivity contribution in [1.82, 2.24) is 20.4 Å². The van der Waals surface area contributed by atoms with E-state index >= 15 is 0 Å². The minimum Gasteiger partial charge on any atom is -0.481 e. The number of hydrogen-bond acceptors (Lipinski definition) is 5. The van der Waals surface area contributed by atoms with Gasteiger partial charge in [0, 0.05) is 35.2 Å². The fraction of sp³-hybridized carbons (Fsp3) is 0.125. The van der Waals surface area contributed by atoms with Crippen LogP contribution in [0.5, 0.6) is 0 Å². The molecule has 8 nitrogen and oxygen atoms in total. The van der Waals surface area contributed by atoms with Gasteiger partial charge in [-0.2, -0.15) is 10.2 Å². The summed E-state index contributed by atoms with van der Waals surface area (Å²) in [5.41, 5.74) is 10.4. The SMILES string of the molecule is BrBr.CC(=O)O.Nc1[nH]ncc1Br.Nc1ccn[nH]1. The van der Waals surface area contributed by atoms with Crippen LogP contribution in [0.4, 0.5) is 11.6 Å². The monoisotopic (exact) mass is 462 g/mol. The van der Waals surface area contributed by atoms with E-state index in [1.807, 2.05) is 0 Å². The zero-order valence-corrected chi connectivity index (χ0v) is 14.5. The summed E-state index contributed by atoms with van der Waals surface area (Å²) >= 11 is 8.65. The van der Waals surface area contributed by atoms with E-state index in [9.17, 15) is 0 Å². The predicted octanol–water partition coefficient (Wildman–Crippen LogP) is 2.53. The molecule has 0 amide bonds. The van der Waals surface area contributed by atoms with Gasteiger partial charge in [0.05, 0.1) is 16.9 Å². The van der Waals surface area contributed by atoms with Crippen LogP contribution in [-0.2, 0) is 4.79 Å². The summed E-state index contributed by atoms with van der Waals surface area (Å²) < 4.78 is 0.813. The molecule has 0 spiro atoms. The van der Waals surface area contributed by atoms with E-state index in [2.05, 4.69) is 64.6 Å². The molecule has 19 heavy (non-hydrogen) atoms. The van der Waals surface area contributed by atoms with Crippen molar-refractivity contribution in [3.8, 4) is 0 Å². The molecule has 108 valence electrons. The maximum Gasteiger partial charge on any atom is 0.300 e. The Kier molecular flexibility index (Phi) is 14.2. The van der Waals surface area contributed by atoms with Gasteiger partial charge in [-0.1, -0.05) is 0 Å². The Morgan fingerprint density at radius 2 is 1.84 bits per heavy atom. The molecular weight excluding hydrogens is 452 g/mol. The third-order valence-electron chi connectivity index (χ3n) is 1.14. The highest BCUT2D eigenvalue weighted by Crippen LogP contribution is 2.12. The fourth-order valence-corrected chi connectivity index (χ4v) is 0.739. The lowest BCUT2D eigenvalue weighted by atomic mass is 10.7. The number of rotatable bonds is 0. The molecule has 0 radical (unpaired) electrons. The van der Waals surface area contributed by atoms with Crippen LogP contribution in [0.1, 0.15) is 6.92 Å². The van der Waals surface area contributed by atoms with E-state index in [0.29, 0.717) is 11.6 Å². The number of carboxylic acid groups (broad SMARTS) is 1. The Hall–Kier alpha value is -1.07. The van der Waals surface area contributed by atoms with Crippen molar-refractivity contribution < 1.29 is 9.90 Å². The van der Waals surface area contributed by atoms with Crippen LogP contribution in [0.15, 0.2) is 22.9 Å². The van der Waals surface area contributed by atoms with E-state index < -0.39 is 5.97 Å². The normalized spacial score (nSPS) is 7.79. The molecule has 2 aromatic heterocycles. The van der Waals surface area contributed by atoms with Gasteiger partial charge in [0.1, 0.15) is 11.6 Å². The highest BCUT2D eigenvalue weighted by atomic mass is 80.9. The van der Waals surface area contributed by atoms with Crippen LogP contribution >= 0.6 is 44.2 Å². The first-order valence-corrected chi connectivity index (χ1v) is 8.97. The summed E-state index contributed by atoms with van der Waals surface area (Å²) in [6.07, 6.45) is 3.21. The predicted molar refractivity (Wildman–Crippen MR) is 84.9 cm³/mol. The van der Waals surface area contributed by atoms with Crippen molar-refractivity contribution in [3.63, 3.8) is 0 Å². The van der Waals surface area contributed by atoms with Crippen molar-refractivity contribution >= 4 is 61.8 Å². The standard InChI is InChI=1S/C3H4BrN3.C3H5N3.C2H4O2.Br2/c4-2-1-6-7-3(2)5;4-3-1-2-5-6-3;1-2(3)4;1-2/h1H,(H3,5,6,7);1-2H,(H3,4,5,6);1H3,(H,3,4);. The molecule has 2 rings (SSSR count). The zero-order chi connectivity index (χ0) is 15.3. The second kappa shape index (κ2) is 13.4. The van der Waals surface area contributed by atoms with Gasteiger partial charge < -0.3 is 16.6 Å². The van der Waals surface area contributed by atoms with Crippen LogP contribution < -0.4 is 11.5 Å². The van der Waals surface area contributed by atoms with Crippen molar-refractivity contribution in [2.75, 3.05) is 11.5 Å². The number of anilines is 2. The van der Waals surface area contributed by atoms with E-state index in [0.717, 1.165) is 11.4 Å². The van der Waals surface area contributed by atoms with Crippen LogP contribution in [0.2, 0.25) is 0 Å². The summed E-state index contributed by atoms with van der Waals surface area (Å²) in [4.78, 5) is 9.00. The first-order chi connectivity index (χ1) is 8.93. The topological polar surface area (TPSA) is 147 Å². The van der Waals surface area contributed by atoms with Crippen molar-refractivity contribution in [3.05, 3.63) is 22.9 Å². The summed E-state index contributed by atoms with van der Waals surface area (Å²) in [7, 11) is 0. The molecule has 0 saturated heterocycles. The molecule has 7 N–H and O–H groups in total. The highest BCUT2D eigenvalue weighted by Gasteiger charge is 1.90. The van der Waals surface area contributed by atoms with Gasteiger partial charge in [-0.15, -0.1) is 0 Å². The van der Waals surface area contributed by atoms with Gasteiger partial charge in [0.25, 0.3) is 5.97 Å². The summed E-state index contributed by atoms with van der Waals surface area (Å²) in [5, 5.41) is 19.7. The quantitative estimate of drug-likeness (QED) is 0.404. The third kappa shape index (κ3) is 14.9. The molecule has 0 atom stereocenters. The number of aromatic amines is 2. The van der Waals surface area contributed by atoms with Gasteiger partial charge in [0.15, 0.2) is 0 Å². The van der Waals surface area contributed by atoms with Gasteiger partial charge in [0.2, 0.25) is 0 Å². The first-order valence-electron chi connectivity index (χ1n) is 4.46. The lowest BCUT2D eigenvalue weighted by Gasteiger charge is -1.77. The molecule has 0 unspecified atom stereocenters. The molecule has 0 saturated carbocycles. The summed E-state index contributed by atoms with van der Waals surface area (Å²) in [5.74, 6) is 0.343. The number of aromatic nitrogens is 4. The lowest BCUT2D eigenvalue weighted by Crippen LogP contribution is -1.83. The van der Waals surface area contributed by atoms with Crippen LogP contribution in [-0.4, -0.2) is 31.5 Å². The van der Waals surface area contributed by atoms with E-state index in [1.54, 1.807) is 18.5 Å². The number of nitrogens with one attached hydrogen (secondary N) is 2. The Labute approximate surface area is 133 Å². The number of nitrogen functional groups attached to an aromatic ring is 2. The van der Waals surface area contributed by atoms with Crippen molar-refractivity contribution in [2.24, 2.45) is 0 Å². The minimum atomic E-state index is -0.833. The molecule has 0 aliphatic rings. The second-order valence-corrected chi connectivity index (χ2v) is 3.52. The lowest BCUT2D eigenvalue weighted by molar-refractivity contribution is -0.134. The number of halogens is 3. The fourth-order valence-electron chi connectivity index (χ4n) is 0.548. The number of carbonyl (C=O) groups is 1. The van der Waals surface area contributed by atoms with Gasteiger partial charge in [-0.3, -0.25) is 15.0 Å². The molecule has 0 aromatic carbocycles. The number of nitrogens with two attached hydrogens (primary N) is 2. The van der Waals surface area contributed by atoms with E-state index in [-0.39, 0.29) is 0 Å². The summed E-state index contributed by atoms with van der Waals surface area (Å²) in [6, 6.07) is 1.69. The van der Waals surface area contributed by atoms with Crippen LogP contribution in [0.3, 0.4) is 0 Å². The zero-order valence-electron chi connectivity index (χ0n) is 9.77. The number of aliphatic carboxylic acids is 1. The number of hydrogen-bond donors (Lipinski definition) is 5. The van der Waals surface area contributed by atoms with E-state index in [4.69, 9.17) is 21.4 Å². The van der Waals surface area contributed by atoms with E-state index in [1.165, 1.54) is 0 Å². The molecular formula is C8H13Br3N6O2. The van der Waals surface area contributed by atoms with Crippen molar-refractivity contribution in [1.29, 1.82) is 0 Å². The second-order valence-electron chi connectivity index (χ2n) is 2.66. The number of carboxylic acids is 1. The maximum absolute atomic E-state index is 9.00. The molecule has 0 aliphatic heterocycles. The Bertz CT molecular complexity index is 413. The van der Waals surface area contributed by atoms with Crippen LogP contribution in [0.25, 0.3) is 0 Å². The smallest absolute Gasteiger partial charge is 0.300 e. The Balaban J connectivity index is 0. The maximum atomic E-state index is 9.00. The Morgan fingerprint density at radius 3 is 1.95 bits per heavy atom. The number of nitrogens with zero attached hydrogens (tertiary/aromatic N) is 2. The third-order valence-corrected chi connectivity index (χ3v) is 1.77. The first kappa shape index (κ1) is 20.3. The van der Waals surface area contributed by atoms with Gasteiger partial charge in [-0.25, -0.2) is 0 Å².